The number of halogens is 1. The van der Waals surface area contributed by atoms with Gasteiger partial charge in [0.2, 0.25) is 0 Å². The van der Waals surface area contributed by atoms with Gasteiger partial charge in [-0.1, -0.05) is 24.3 Å². The Labute approximate surface area is 170 Å². The van der Waals surface area contributed by atoms with Crippen molar-refractivity contribution in [1.82, 2.24) is 5.32 Å². The van der Waals surface area contributed by atoms with E-state index in [0.717, 1.165) is 20.3 Å². The number of carbonyl (C=O) groups is 3. The molecule has 2 atom stereocenters. The lowest BCUT2D eigenvalue weighted by Gasteiger charge is -2.26. The van der Waals surface area contributed by atoms with Gasteiger partial charge in [-0.2, -0.15) is 0 Å². The number of nitrogens with one attached hydrogen (secondary N) is 1. The molecule has 0 fully saturated rings. The van der Waals surface area contributed by atoms with Crippen LogP contribution < -0.4 is 5.32 Å². The number of nitro groups is 1. The van der Waals surface area contributed by atoms with Crippen molar-refractivity contribution in [2.45, 2.75) is 18.4 Å². The Morgan fingerprint density at radius 2 is 1.70 bits per heavy atom. The lowest BCUT2D eigenvalue weighted by Crippen LogP contribution is -2.46. The maximum atomic E-state index is 14.0. The van der Waals surface area contributed by atoms with Gasteiger partial charge >= 0.3 is 11.9 Å². The predicted molar refractivity (Wildman–Crippen MR) is 102 cm³/mol. The zero-order valence-electron chi connectivity index (χ0n) is 16.2. The topological polar surface area (TPSA) is 125 Å². The Hall–Kier alpha value is -3.82. The van der Waals surface area contributed by atoms with Crippen LogP contribution in [-0.2, 0) is 19.1 Å². The summed E-state index contributed by atoms with van der Waals surface area (Å²) in [6, 6.07) is 8.91. The standard InChI is InChI=1S/C20H19FN2O7/c1-29-17(24)11-15(12-7-9-13(10-8-12)23(27)28)18(20(26)30-2)22-19(25)14-5-3-4-6-16(14)21/h3-10,15,18H,11H2,1-2H3,(H,22,25)/t15-,18-/m0/s1. The van der Waals surface area contributed by atoms with E-state index in [9.17, 15) is 28.9 Å². The second-order valence-electron chi connectivity index (χ2n) is 6.19. The first kappa shape index (κ1) is 22.5. The fourth-order valence-electron chi connectivity index (χ4n) is 2.85. The largest absolute Gasteiger partial charge is 0.469 e. The molecule has 9 nitrogen and oxygen atoms in total. The van der Waals surface area contributed by atoms with Crippen LogP contribution in [0, 0.1) is 15.9 Å². The molecule has 0 aliphatic rings. The molecule has 2 aromatic carbocycles. The zero-order chi connectivity index (χ0) is 22.3. The van der Waals surface area contributed by atoms with Crippen molar-refractivity contribution in [3.05, 3.63) is 75.6 Å². The summed E-state index contributed by atoms with van der Waals surface area (Å²) in [7, 11) is 2.25. The molecular formula is C20H19FN2O7. The number of methoxy groups -OCH3 is 2. The van der Waals surface area contributed by atoms with Crippen LogP contribution in [-0.4, -0.2) is 43.0 Å². The van der Waals surface area contributed by atoms with E-state index < -0.39 is 40.5 Å². The molecule has 0 aliphatic heterocycles. The number of hydrogen-bond donors (Lipinski definition) is 1. The molecule has 0 saturated heterocycles. The third-order valence-electron chi connectivity index (χ3n) is 4.41. The van der Waals surface area contributed by atoms with Crippen molar-refractivity contribution in [3.63, 3.8) is 0 Å². The summed E-state index contributed by atoms with van der Waals surface area (Å²) < 4.78 is 23.4. The molecule has 0 aliphatic carbocycles. The van der Waals surface area contributed by atoms with Gasteiger partial charge in [0.15, 0.2) is 0 Å². The number of nitrogens with zero attached hydrogens (tertiary/aromatic N) is 1. The van der Waals surface area contributed by atoms with Gasteiger partial charge in [-0.3, -0.25) is 19.7 Å². The highest BCUT2D eigenvalue weighted by Gasteiger charge is 2.35. The van der Waals surface area contributed by atoms with Gasteiger partial charge in [-0.05, 0) is 17.7 Å². The quantitative estimate of drug-likeness (QED) is 0.396. The monoisotopic (exact) mass is 418 g/mol. The Morgan fingerprint density at radius 1 is 1.07 bits per heavy atom. The fraction of sp³-hybridized carbons (Fsp3) is 0.250. The van der Waals surface area contributed by atoms with Crippen molar-refractivity contribution in [2.24, 2.45) is 0 Å². The SMILES string of the molecule is COC(=O)C[C@@H](c1ccc([N+](=O)[O-])cc1)[C@H](NC(=O)c1ccccc1F)C(=O)OC. The van der Waals surface area contributed by atoms with Crippen molar-refractivity contribution in [1.29, 1.82) is 0 Å². The molecule has 158 valence electrons. The molecule has 1 amide bonds. The average Bonchev–Trinajstić information content (AvgIpc) is 2.75. The van der Waals surface area contributed by atoms with E-state index in [1.807, 2.05) is 0 Å². The minimum atomic E-state index is -1.39. The lowest BCUT2D eigenvalue weighted by atomic mass is 9.88. The Kier molecular flexibility index (Phi) is 7.56. The normalized spacial score (nSPS) is 12.4. The maximum absolute atomic E-state index is 14.0. The highest BCUT2D eigenvalue weighted by Crippen LogP contribution is 2.27. The van der Waals surface area contributed by atoms with E-state index >= 15 is 0 Å². The van der Waals surface area contributed by atoms with Crippen LogP contribution in [0.5, 0.6) is 0 Å². The van der Waals surface area contributed by atoms with Crippen molar-refractivity contribution < 1.29 is 33.2 Å². The van der Waals surface area contributed by atoms with Crippen molar-refractivity contribution >= 4 is 23.5 Å². The minimum Gasteiger partial charge on any atom is -0.469 e. The molecule has 2 rings (SSSR count). The molecule has 0 unspecified atom stereocenters. The Balaban J connectivity index is 2.44. The van der Waals surface area contributed by atoms with E-state index in [2.05, 4.69) is 10.1 Å². The summed E-state index contributed by atoms with van der Waals surface area (Å²) in [6.45, 7) is 0. The number of esters is 2. The van der Waals surface area contributed by atoms with Crippen LogP contribution in [0.2, 0.25) is 0 Å². The Morgan fingerprint density at radius 3 is 2.23 bits per heavy atom. The van der Waals surface area contributed by atoms with Gasteiger partial charge in [0.05, 0.1) is 31.1 Å². The van der Waals surface area contributed by atoms with E-state index in [1.165, 1.54) is 42.5 Å². The summed E-state index contributed by atoms with van der Waals surface area (Å²) in [5.41, 5.74) is -0.150. The number of carbonyl (C=O) groups excluding carboxylic acids is 3. The van der Waals surface area contributed by atoms with Crippen LogP contribution in [0.3, 0.4) is 0 Å². The molecule has 0 radical (unpaired) electrons. The number of nitro benzene ring substituents is 1. The average molecular weight is 418 g/mol. The minimum absolute atomic E-state index is 0.194. The number of rotatable bonds is 8. The van der Waals surface area contributed by atoms with Gasteiger partial charge in [0.25, 0.3) is 11.6 Å². The molecule has 2 aromatic rings. The highest BCUT2D eigenvalue weighted by molar-refractivity contribution is 5.97. The Bertz CT molecular complexity index is 946. The molecule has 0 heterocycles. The van der Waals surface area contributed by atoms with Gasteiger partial charge in [-0.25, -0.2) is 9.18 Å². The molecular weight excluding hydrogens is 399 g/mol. The summed E-state index contributed by atoms with van der Waals surface area (Å²) >= 11 is 0. The molecule has 1 N–H and O–H groups in total. The number of hydrogen-bond acceptors (Lipinski definition) is 7. The van der Waals surface area contributed by atoms with Gasteiger partial charge in [0.1, 0.15) is 11.9 Å². The van der Waals surface area contributed by atoms with Crippen molar-refractivity contribution in [3.8, 4) is 0 Å². The first-order valence-electron chi connectivity index (χ1n) is 8.72. The summed E-state index contributed by atoms with van der Waals surface area (Å²) in [5, 5.41) is 13.3. The molecule has 0 bridgehead atoms. The number of non-ortho nitro benzene ring substituents is 1. The van der Waals surface area contributed by atoms with Gasteiger partial charge < -0.3 is 14.8 Å². The summed E-state index contributed by atoms with van der Waals surface area (Å²) in [5.74, 6) is -4.24. The first-order valence-corrected chi connectivity index (χ1v) is 8.72. The maximum Gasteiger partial charge on any atom is 0.329 e. The molecule has 0 saturated carbocycles. The van der Waals surface area contributed by atoms with Crippen LogP contribution in [0.4, 0.5) is 10.1 Å². The van der Waals surface area contributed by atoms with Crippen LogP contribution in [0.15, 0.2) is 48.5 Å². The van der Waals surface area contributed by atoms with Crippen LogP contribution in [0.1, 0.15) is 28.3 Å². The second-order valence-corrected chi connectivity index (χ2v) is 6.19. The lowest BCUT2D eigenvalue weighted by molar-refractivity contribution is -0.384. The summed E-state index contributed by atoms with van der Waals surface area (Å²) in [6.07, 6.45) is -0.342. The highest BCUT2D eigenvalue weighted by atomic mass is 19.1. The third-order valence-corrected chi connectivity index (χ3v) is 4.41. The van der Waals surface area contributed by atoms with E-state index in [4.69, 9.17) is 4.74 Å². The first-order chi connectivity index (χ1) is 14.3. The van der Waals surface area contributed by atoms with E-state index in [-0.39, 0.29) is 17.7 Å². The van der Waals surface area contributed by atoms with Gasteiger partial charge in [0, 0.05) is 18.1 Å². The van der Waals surface area contributed by atoms with Gasteiger partial charge in [-0.15, -0.1) is 0 Å². The predicted octanol–water partition coefficient (Wildman–Crippen LogP) is 2.35. The zero-order valence-corrected chi connectivity index (χ0v) is 16.2. The molecule has 30 heavy (non-hydrogen) atoms. The second kappa shape index (κ2) is 10.1. The third kappa shape index (κ3) is 5.37. The van der Waals surface area contributed by atoms with E-state index in [0.29, 0.717) is 5.56 Å². The number of ether oxygens (including phenoxy) is 2. The van der Waals surface area contributed by atoms with Crippen LogP contribution in [0.25, 0.3) is 0 Å². The molecule has 10 heteroatoms. The number of amides is 1. The van der Waals surface area contributed by atoms with E-state index in [1.54, 1.807) is 0 Å². The smallest absolute Gasteiger partial charge is 0.329 e. The summed E-state index contributed by atoms with van der Waals surface area (Å²) in [4.78, 5) is 47.2. The van der Waals surface area contributed by atoms with Crippen LogP contribution >= 0.6 is 0 Å². The molecule has 0 aromatic heterocycles. The fourth-order valence-corrected chi connectivity index (χ4v) is 2.85. The molecule has 0 spiro atoms. The number of benzene rings is 2. The van der Waals surface area contributed by atoms with Crippen molar-refractivity contribution in [2.75, 3.05) is 14.2 Å².